The van der Waals surface area contributed by atoms with Gasteiger partial charge >= 0.3 is 0 Å². The number of pyridine rings is 1. The lowest BCUT2D eigenvalue weighted by Crippen LogP contribution is -2.29. The molecule has 1 aromatic heterocycles. The lowest BCUT2D eigenvalue weighted by atomic mass is 9.95. The van der Waals surface area contributed by atoms with Gasteiger partial charge < -0.3 is 14.6 Å². The van der Waals surface area contributed by atoms with E-state index < -0.39 is 0 Å². The van der Waals surface area contributed by atoms with Crippen molar-refractivity contribution in [2.24, 2.45) is 0 Å². The van der Waals surface area contributed by atoms with E-state index in [0.29, 0.717) is 5.88 Å². The van der Waals surface area contributed by atoms with Crippen LogP contribution >= 0.6 is 0 Å². The van der Waals surface area contributed by atoms with E-state index in [1.54, 1.807) is 7.11 Å². The third-order valence-corrected chi connectivity index (χ3v) is 4.15. The monoisotopic (exact) mass is 287 g/mol. The number of hydrogen-bond acceptors (Lipinski definition) is 4. The Balaban J connectivity index is 1.83. The molecule has 1 aliphatic carbocycles. The number of ether oxygens (including phenoxy) is 2. The van der Waals surface area contributed by atoms with E-state index in [-0.39, 0.29) is 18.8 Å². The summed E-state index contributed by atoms with van der Waals surface area (Å²) in [7, 11) is 1.76. The van der Waals surface area contributed by atoms with Crippen molar-refractivity contribution in [3.63, 3.8) is 0 Å². The van der Waals surface area contributed by atoms with Crippen LogP contribution in [-0.4, -0.2) is 29.4 Å². The van der Waals surface area contributed by atoms with E-state index in [2.05, 4.69) is 4.98 Å². The van der Waals surface area contributed by atoms with Crippen LogP contribution in [0, 0.1) is 0 Å². The molecule has 2 atom stereocenters. The molecule has 2 unspecified atom stereocenters. The Morgan fingerprint density at radius 1 is 1.24 bits per heavy atom. The van der Waals surface area contributed by atoms with Gasteiger partial charge in [0.2, 0.25) is 5.88 Å². The molecule has 4 heteroatoms. The Hall–Kier alpha value is -1.65. The van der Waals surface area contributed by atoms with Crippen LogP contribution in [0.15, 0.2) is 30.3 Å². The predicted molar refractivity (Wildman–Crippen MR) is 81.3 cm³/mol. The highest BCUT2D eigenvalue weighted by Gasteiger charge is 2.23. The lowest BCUT2D eigenvalue weighted by molar-refractivity contribution is 0.0196. The fraction of sp³-hybridized carbons (Fsp3) is 0.471. The van der Waals surface area contributed by atoms with E-state index in [4.69, 9.17) is 9.47 Å². The number of benzene rings is 1. The third kappa shape index (κ3) is 3.17. The summed E-state index contributed by atoms with van der Waals surface area (Å²) in [6, 6.07) is 9.66. The fourth-order valence-electron chi connectivity index (χ4n) is 3.01. The predicted octanol–water partition coefficient (Wildman–Crippen LogP) is 3.06. The highest BCUT2D eigenvalue weighted by molar-refractivity contribution is 5.82. The standard InChI is InChI=1S/C17H21NO3/c1-20-13-5-4-6-14(10-13)21-17-9-12(11-19)15-7-2-3-8-16(15)18-17/h2-3,7-9,13-14,19H,4-6,10-11H2,1H3. The fourth-order valence-corrected chi connectivity index (χ4v) is 3.01. The minimum Gasteiger partial charge on any atom is -0.474 e. The maximum absolute atomic E-state index is 9.54. The zero-order valence-electron chi connectivity index (χ0n) is 12.3. The molecule has 0 aliphatic heterocycles. The van der Waals surface area contributed by atoms with Gasteiger partial charge in [-0.05, 0) is 30.9 Å². The average Bonchev–Trinajstić information content (AvgIpc) is 2.54. The van der Waals surface area contributed by atoms with Crippen LogP contribution in [-0.2, 0) is 11.3 Å². The number of para-hydroxylation sites is 1. The Morgan fingerprint density at radius 3 is 2.86 bits per heavy atom. The van der Waals surface area contributed by atoms with Crippen LogP contribution in [0.2, 0.25) is 0 Å². The van der Waals surface area contributed by atoms with E-state index in [1.165, 1.54) is 0 Å². The molecule has 1 N–H and O–H groups in total. The summed E-state index contributed by atoms with van der Waals surface area (Å²) in [5.41, 5.74) is 1.72. The van der Waals surface area contributed by atoms with E-state index in [1.807, 2.05) is 30.3 Å². The molecular weight excluding hydrogens is 266 g/mol. The average molecular weight is 287 g/mol. The number of nitrogens with zero attached hydrogens (tertiary/aromatic N) is 1. The van der Waals surface area contributed by atoms with Gasteiger partial charge in [0.25, 0.3) is 0 Å². The van der Waals surface area contributed by atoms with E-state index >= 15 is 0 Å². The second kappa shape index (κ2) is 6.41. The Labute approximate surface area is 124 Å². The molecule has 112 valence electrons. The first-order valence-electron chi connectivity index (χ1n) is 7.49. The number of aliphatic hydroxyl groups is 1. The molecule has 0 spiro atoms. The molecule has 3 rings (SSSR count). The zero-order chi connectivity index (χ0) is 14.7. The SMILES string of the molecule is COC1CCCC(Oc2cc(CO)c3ccccc3n2)C1. The first kappa shape index (κ1) is 14.3. The van der Waals surface area contributed by atoms with Gasteiger partial charge in [0.1, 0.15) is 6.10 Å². The van der Waals surface area contributed by atoms with Gasteiger partial charge in [-0.2, -0.15) is 0 Å². The van der Waals surface area contributed by atoms with Crippen molar-refractivity contribution in [2.45, 2.75) is 44.5 Å². The molecule has 1 saturated carbocycles. The van der Waals surface area contributed by atoms with Gasteiger partial charge in [-0.25, -0.2) is 4.98 Å². The van der Waals surface area contributed by atoms with Crippen molar-refractivity contribution >= 4 is 10.9 Å². The van der Waals surface area contributed by atoms with Gasteiger partial charge in [-0.3, -0.25) is 0 Å². The van der Waals surface area contributed by atoms with Crippen molar-refractivity contribution < 1.29 is 14.6 Å². The molecule has 0 radical (unpaired) electrons. The highest BCUT2D eigenvalue weighted by Crippen LogP contribution is 2.27. The Kier molecular flexibility index (Phi) is 4.36. The molecule has 21 heavy (non-hydrogen) atoms. The van der Waals surface area contributed by atoms with Gasteiger partial charge in [0.15, 0.2) is 0 Å². The van der Waals surface area contributed by atoms with Crippen LogP contribution < -0.4 is 4.74 Å². The van der Waals surface area contributed by atoms with Crippen molar-refractivity contribution in [3.8, 4) is 5.88 Å². The van der Waals surface area contributed by atoms with Crippen LogP contribution in [0.3, 0.4) is 0 Å². The molecule has 1 aliphatic rings. The summed E-state index contributed by atoms with van der Waals surface area (Å²) in [6.45, 7) is -0.00917. The minimum absolute atomic E-state index is 0.00917. The quantitative estimate of drug-likeness (QED) is 0.939. The molecule has 0 saturated heterocycles. The van der Waals surface area contributed by atoms with Gasteiger partial charge in [0, 0.05) is 25.0 Å². The molecule has 1 heterocycles. The summed E-state index contributed by atoms with van der Waals surface area (Å²) >= 11 is 0. The second-order valence-electron chi connectivity index (χ2n) is 5.56. The smallest absolute Gasteiger partial charge is 0.214 e. The summed E-state index contributed by atoms with van der Waals surface area (Å²) in [5.74, 6) is 0.597. The van der Waals surface area contributed by atoms with Crippen LogP contribution in [0.4, 0.5) is 0 Å². The largest absolute Gasteiger partial charge is 0.474 e. The zero-order valence-corrected chi connectivity index (χ0v) is 12.3. The number of methoxy groups -OCH3 is 1. The Morgan fingerprint density at radius 2 is 2.05 bits per heavy atom. The van der Waals surface area contributed by atoms with Crippen molar-refractivity contribution in [2.75, 3.05) is 7.11 Å². The topological polar surface area (TPSA) is 51.6 Å². The molecular formula is C17H21NO3. The van der Waals surface area contributed by atoms with Gasteiger partial charge in [0.05, 0.1) is 18.2 Å². The van der Waals surface area contributed by atoms with E-state index in [9.17, 15) is 5.11 Å². The number of aromatic nitrogens is 1. The molecule has 0 bridgehead atoms. The number of rotatable bonds is 4. The maximum Gasteiger partial charge on any atom is 0.214 e. The van der Waals surface area contributed by atoms with Crippen molar-refractivity contribution in [1.29, 1.82) is 0 Å². The number of aliphatic hydroxyl groups excluding tert-OH is 1. The van der Waals surface area contributed by atoms with Crippen molar-refractivity contribution in [1.82, 2.24) is 4.98 Å². The minimum atomic E-state index is -0.00917. The van der Waals surface area contributed by atoms with Crippen LogP contribution in [0.5, 0.6) is 5.88 Å². The van der Waals surface area contributed by atoms with Gasteiger partial charge in [-0.15, -0.1) is 0 Å². The summed E-state index contributed by atoms with van der Waals surface area (Å²) in [4.78, 5) is 4.55. The van der Waals surface area contributed by atoms with Crippen molar-refractivity contribution in [3.05, 3.63) is 35.9 Å². The molecule has 1 aromatic carbocycles. The summed E-state index contributed by atoms with van der Waals surface area (Å²) in [5, 5.41) is 10.5. The second-order valence-corrected chi connectivity index (χ2v) is 5.56. The molecule has 4 nitrogen and oxygen atoms in total. The maximum atomic E-state index is 9.54. The van der Waals surface area contributed by atoms with Gasteiger partial charge in [-0.1, -0.05) is 18.2 Å². The lowest BCUT2D eigenvalue weighted by Gasteiger charge is -2.28. The van der Waals surface area contributed by atoms with Crippen LogP contribution in [0.1, 0.15) is 31.2 Å². The molecule has 2 aromatic rings. The number of hydrogen-bond donors (Lipinski definition) is 1. The first-order chi connectivity index (χ1) is 10.3. The molecule has 1 fully saturated rings. The number of fused-ring (bicyclic) bond motifs is 1. The van der Waals surface area contributed by atoms with Crippen LogP contribution in [0.25, 0.3) is 10.9 Å². The Bertz CT molecular complexity index is 614. The third-order valence-electron chi connectivity index (χ3n) is 4.15. The molecule has 0 amide bonds. The summed E-state index contributed by atoms with van der Waals surface area (Å²) in [6.07, 6.45) is 4.57. The normalized spacial score (nSPS) is 22.4. The highest BCUT2D eigenvalue weighted by atomic mass is 16.5. The first-order valence-corrected chi connectivity index (χ1v) is 7.49. The van der Waals surface area contributed by atoms with E-state index in [0.717, 1.165) is 42.1 Å². The summed E-state index contributed by atoms with van der Waals surface area (Å²) < 4.78 is 11.5.